The van der Waals surface area contributed by atoms with E-state index in [1.165, 1.54) is 16.5 Å². The van der Waals surface area contributed by atoms with Gasteiger partial charge in [0.25, 0.3) is 11.4 Å². The van der Waals surface area contributed by atoms with E-state index < -0.39 is 15.8 Å². The maximum Gasteiger partial charge on any atom is 0.284 e. The number of piperidine rings is 1. The number of unbranched alkanes of at least 4 members (excludes halogenated alkanes) is 2. The number of para-hydroxylation sites is 1. The summed E-state index contributed by atoms with van der Waals surface area (Å²) >= 11 is 1.64. The average Bonchev–Trinajstić information content (AvgIpc) is 3.39. The monoisotopic (exact) mass is 598 g/mol. The number of allylic oxidation sites excluding steroid dienone is 4. The zero-order valence-corrected chi connectivity index (χ0v) is 24.2. The summed E-state index contributed by atoms with van der Waals surface area (Å²) in [6.45, 7) is 1.72. The van der Waals surface area contributed by atoms with Gasteiger partial charge in [-0.1, -0.05) is 48.5 Å². The van der Waals surface area contributed by atoms with E-state index in [0.717, 1.165) is 72.2 Å². The van der Waals surface area contributed by atoms with Crippen molar-refractivity contribution in [3.8, 4) is 0 Å². The number of quaternary nitrogens is 1. The van der Waals surface area contributed by atoms with Crippen molar-refractivity contribution in [3.63, 3.8) is 0 Å². The van der Waals surface area contributed by atoms with Crippen LogP contribution in [0.15, 0.2) is 83.4 Å². The molecule has 11 heteroatoms. The number of carboxylic acids is 1. The predicted octanol–water partition coefficient (Wildman–Crippen LogP) is 5.05. The van der Waals surface area contributed by atoms with Crippen LogP contribution in [0, 0.1) is 20.2 Å². The Morgan fingerprint density at radius 1 is 1.02 bits per heavy atom. The number of carboxylic acid groups (broad SMARTS) is 1. The first-order chi connectivity index (χ1) is 20.8. The first-order valence-corrected chi connectivity index (χ1v) is 15.3. The van der Waals surface area contributed by atoms with Crippen LogP contribution in [0.1, 0.15) is 44.1 Å². The van der Waals surface area contributed by atoms with Crippen LogP contribution in [-0.4, -0.2) is 34.3 Å². The number of carbonyl (C=O) groups excluding carboxylic acids is 1. The maximum atomic E-state index is 11.8. The fourth-order valence-corrected chi connectivity index (χ4v) is 7.86. The first kappa shape index (κ1) is 28.6. The van der Waals surface area contributed by atoms with Gasteiger partial charge in [-0.05, 0) is 55.0 Å². The van der Waals surface area contributed by atoms with Crippen molar-refractivity contribution >= 4 is 56.8 Å². The van der Waals surface area contributed by atoms with E-state index in [2.05, 4.69) is 41.5 Å². The molecule has 10 nitrogen and oxygen atoms in total. The molecule has 2 atom stereocenters. The molecule has 3 aromatic rings. The second kappa shape index (κ2) is 12.0. The number of nitrogens with zero attached hydrogens (tertiary/aromatic N) is 3. The van der Waals surface area contributed by atoms with Crippen molar-refractivity contribution in [2.45, 2.75) is 48.8 Å². The van der Waals surface area contributed by atoms with Gasteiger partial charge in [-0.2, -0.15) is 0 Å². The molecule has 3 heterocycles. The number of hydrogen-bond donors (Lipinski definition) is 1. The van der Waals surface area contributed by atoms with E-state index in [-0.39, 0.29) is 23.2 Å². The van der Waals surface area contributed by atoms with E-state index in [1.807, 2.05) is 18.2 Å². The molecule has 1 N–H and O–H groups in total. The lowest BCUT2D eigenvalue weighted by molar-refractivity contribution is -0.840. The Hall–Kier alpha value is -4.48. The molecule has 1 fully saturated rings. The summed E-state index contributed by atoms with van der Waals surface area (Å²) in [7, 11) is 0. The van der Waals surface area contributed by atoms with E-state index in [4.69, 9.17) is 0 Å². The zero-order chi connectivity index (χ0) is 30.1. The number of carbonyl (C=O) groups is 1. The highest BCUT2D eigenvalue weighted by molar-refractivity contribution is 8.00. The third-order valence-corrected chi connectivity index (χ3v) is 9.82. The summed E-state index contributed by atoms with van der Waals surface area (Å²) in [6.07, 6.45) is 12.9. The number of aliphatic carboxylic acids is 1. The van der Waals surface area contributed by atoms with Crippen LogP contribution < -0.4 is 14.9 Å². The quantitative estimate of drug-likeness (QED) is 0.205. The number of nitro benzene ring substituents is 2. The van der Waals surface area contributed by atoms with Crippen LogP contribution in [0.3, 0.4) is 0 Å². The Kier molecular flexibility index (Phi) is 8.00. The summed E-state index contributed by atoms with van der Waals surface area (Å²) in [5.41, 5.74) is 5.12. The molecular formula is C32H30N4O6S. The number of rotatable bonds is 9. The normalized spacial score (nSPS) is 20.7. The summed E-state index contributed by atoms with van der Waals surface area (Å²) in [4.78, 5) is 37.3. The lowest BCUT2D eigenvalue weighted by Gasteiger charge is -2.29. The van der Waals surface area contributed by atoms with Gasteiger partial charge < -0.3 is 14.8 Å². The van der Waals surface area contributed by atoms with Gasteiger partial charge in [-0.25, -0.2) is 0 Å². The minimum Gasteiger partial charge on any atom is -0.550 e. The van der Waals surface area contributed by atoms with Crippen molar-refractivity contribution in [2.24, 2.45) is 0 Å². The van der Waals surface area contributed by atoms with E-state index in [1.54, 1.807) is 17.8 Å². The van der Waals surface area contributed by atoms with Crippen LogP contribution in [0.25, 0.3) is 16.3 Å². The Bertz CT molecular complexity index is 1730. The lowest BCUT2D eigenvalue weighted by atomic mass is 9.97. The highest BCUT2D eigenvalue weighted by atomic mass is 32.2. The molecule has 0 aromatic heterocycles. The van der Waals surface area contributed by atoms with Crippen LogP contribution in [0.5, 0.6) is 0 Å². The van der Waals surface area contributed by atoms with Gasteiger partial charge in [0, 0.05) is 53.9 Å². The van der Waals surface area contributed by atoms with Gasteiger partial charge in [0.05, 0.1) is 32.7 Å². The topological polar surface area (TPSA) is 134 Å². The van der Waals surface area contributed by atoms with Gasteiger partial charge in [-0.15, -0.1) is 0 Å². The van der Waals surface area contributed by atoms with Crippen molar-refractivity contribution in [1.29, 1.82) is 0 Å². The molecule has 0 aliphatic carbocycles. The number of nitro groups is 2. The summed E-state index contributed by atoms with van der Waals surface area (Å²) in [5.74, 6) is -1.00. The fraction of sp³-hybridized carbons (Fsp3) is 0.281. The number of anilines is 1. The molecule has 0 bridgehead atoms. The largest absolute Gasteiger partial charge is 0.550 e. The van der Waals surface area contributed by atoms with Gasteiger partial charge >= 0.3 is 0 Å². The lowest BCUT2D eigenvalue weighted by Crippen LogP contribution is -3.10. The number of thioether (sulfide) groups is 1. The molecule has 1 saturated heterocycles. The Labute approximate surface area is 252 Å². The average molecular weight is 599 g/mol. The highest BCUT2D eigenvalue weighted by Gasteiger charge is 2.42. The van der Waals surface area contributed by atoms with Crippen molar-refractivity contribution in [1.82, 2.24) is 0 Å². The van der Waals surface area contributed by atoms with Gasteiger partial charge in [0.2, 0.25) is 0 Å². The zero-order valence-electron chi connectivity index (χ0n) is 23.4. The summed E-state index contributed by atoms with van der Waals surface area (Å²) in [5, 5.41) is 35.1. The Morgan fingerprint density at radius 2 is 1.86 bits per heavy atom. The van der Waals surface area contributed by atoms with Gasteiger partial charge in [0.15, 0.2) is 5.37 Å². The minimum absolute atomic E-state index is 0.0878. The van der Waals surface area contributed by atoms with Gasteiger partial charge in [-0.3, -0.25) is 25.1 Å². The molecule has 0 radical (unpaired) electrons. The molecule has 43 heavy (non-hydrogen) atoms. The molecule has 6 rings (SSSR count). The van der Waals surface area contributed by atoms with E-state index in [0.29, 0.717) is 17.2 Å². The number of non-ortho nitro benzene ring substituents is 2. The molecule has 3 aliphatic heterocycles. The molecule has 3 aromatic carbocycles. The van der Waals surface area contributed by atoms with Crippen molar-refractivity contribution < 1.29 is 24.6 Å². The minimum atomic E-state index is -1.00. The number of benzene rings is 3. The number of hydrogen-bond acceptors (Lipinski definition) is 8. The molecule has 0 saturated carbocycles. The van der Waals surface area contributed by atoms with E-state index >= 15 is 0 Å². The van der Waals surface area contributed by atoms with Crippen LogP contribution in [0.4, 0.5) is 22.7 Å². The molecule has 3 aliphatic rings. The SMILES string of the molecule is O=C([O-])CCCCCN1C=C/C(=C/C=C2/CCC[NH+]3c4ccc5c([N+](=O)[O-])cc([N+](=O)[O-])cc5c4SC23)c2ccccc21. The second-order valence-corrected chi connectivity index (χ2v) is 12.1. The van der Waals surface area contributed by atoms with Gasteiger partial charge in [0.1, 0.15) is 5.69 Å². The Morgan fingerprint density at radius 3 is 2.65 bits per heavy atom. The van der Waals surface area contributed by atoms with E-state index in [9.17, 15) is 30.1 Å². The fourth-order valence-electron chi connectivity index (χ4n) is 6.26. The molecule has 0 amide bonds. The first-order valence-electron chi connectivity index (χ1n) is 14.4. The van der Waals surface area contributed by atoms with Crippen LogP contribution >= 0.6 is 11.8 Å². The summed E-state index contributed by atoms with van der Waals surface area (Å²) < 4.78 is 0. The van der Waals surface area contributed by atoms with Crippen LogP contribution in [0.2, 0.25) is 0 Å². The number of fused-ring (bicyclic) bond motifs is 6. The molecule has 220 valence electrons. The molecular weight excluding hydrogens is 568 g/mol. The number of nitrogens with one attached hydrogen (secondary N) is 1. The summed E-state index contributed by atoms with van der Waals surface area (Å²) in [6, 6.07) is 14.4. The maximum absolute atomic E-state index is 11.8. The van der Waals surface area contributed by atoms with Crippen LogP contribution in [-0.2, 0) is 4.79 Å². The smallest absolute Gasteiger partial charge is 0.284 e. The Balaban J connectivity index is 1.27. The third kappa shape index (κ3) is 5.65. The highest BCUT2D eigenvalue weighted by Crippen LogP contribution is 2.46. The second-order valence-electron chi connectivity index (χ2n) is 11.0. The van der Waals surface area contributed by atoms with Crippen molar-refractivity contribution in [3.05, 3.63) is 104 Å². The third-order valence-electron chi connectivity index (χ3n) is 8.32. The van der Waals surface area contributed by atoms with Crippen molar-refractivity contribution in [2.75, 3.05) is 18.0 Å². The predicted molar refractivity (Wildman–Crippen MR) is 164 cm³/mol. The molecule has 2 unspecified atom stereocenters. The standard InChI is InChI=1S/C32H30N4O6S/c37-30(38)10-2-1-5-16-33-18-15-21(24-8-3-4-9-27(24)33)11-12-22-7-6-17-34-28-14-13-25-26(31(28)43-32(22)34)19-23(35(39)40)20-29(25)36(41)42/h3-4,8-9,11-15,18-20,32H,1-2,5-7,10,16-17H2,(H,37,38)/b21-11-,22-12-. The molecule has 0 spiro atoms.